The van der Waals surface area contributed by atoms with Crippen molar-refractivity contribution in [3.63, 3.8) is 0 Å². The molecule has 9 heteroatoms. The molecule has 3 rings (SSSR count). The van der Waals surface area contributed by atoms with Gasteiger partial charge < -0.3 is 9.80 Å². The first kappa shape index (κ1) is 18.1. The van der Waals surface area contributed by atoms with Gasteiger partial charge in [0.1, 0.15) is 23.7 Å². The van der Waals surface area contributed by atoms with Crippen LogP contribution >= 0.6 is 0 Å². The fourth-order valence-electron chi connectivity index (χ4n) is 2.78. The molecule has 1 aliphatic heterocycles. The van der Waals surface area contributed by atoms with Crippen LogP contribution in [-0.4, -0.2) is 47.0 Å². The van der Waals surface area contributed by atoms with Gasteiger partial charge >= 0.3 is 6.18 Å². The summed E-state index contributed by atoms with van der Waals surface area (Å²) in [4.78, 5) is 22.7. The van der Waals surface area contributed by atoms with Crippen LogP contribution in [0.3, 0.4) is 0 Å². The largest absolute Gasteiger partial charge is 0.433 e. The normalized spacial score (nSPS) is 15.2. The van der Waals surface area contributed by atoms with Gasteiger partial charge in [-0.05, 0) is 11.6 Å². The van der Waals surface area contributed by atoms with Crippen molar-refractivity contribution in [3.05, 3.63) is 53.7 Å². The number of carbonyl (C=O) groups is 1. The Hall–Kier alpha value is -2.71. The predicted molar refractivity (Wildman–Crippen MR) is 85.9 cm³/mol. The van der Waals surface area contributed by atoms with Gasteiger partial charge in [-0.15, -0.1) is 0 Å². The average molecular weight is 368 g/mol. The molecule has 0 saturated carbocycles. The third kappa shape index (κ3) is 4.09. The van der Waals surface area contributed by atoms with E-state index in [2.05, 4.69) is 9.97 Å². The molecule has 0 atom stereocenters. The maximum absolute atomic E-state index is 13.6. The van der Waals surface area contributed by atoms with Crippen LogP contribution in [0.2, 0.25) is 0 Å². The van der Waals surface area contributed by atoms with Gasteiger partial charge in [-0.25, -0.2) is 14.4 Å². The van der Waals surface area contributed by atoms with Crippen molar-refractivity contribution in [2.45, 2.75) is 12.6 Å². The molecule has 2 aromatic rings. The summed E-state index contributed by atoms with van der Waals surface area (Å²) >= 11 is 0. The molecule has 26 heavy (non-hydrogen) atoms. The molecule has 1 aliphatic rings. The maximum atomic E-state index is 13.6. The second kappa shape index (κ2) is 7.27. The lowest BCUT2D eigenvalue weighted by molar-refractivity contribution is -0.141. The zero-order chi connectivity index (χ0) is 18.7. The number of rotatable bonds is 3. The van der Waals surface area contributed by atoms with E-state index in [9.17, 15) is 22.4 Å². The van der Waals surface area contributed by atoms with E-state index >= 15 is 0 Å². The highest BCUT2D eigenvalue weighted by Gasteiger charge is 2.33. The van der Waals surface area contributed by atoms with E-state index in [1.807, 2.05) is 0 Å². The van der Waals surface area contributed by atoms with E-state index in [0.717, 1.165) is 12.4 Å². The van der Waals surface area contributed by atoms with Crippen LogP contribution in [-0.2, 0) is 17.4 Å². The molecule has 0 aliphatic carbocycles. The molecule has 0 radical (unpaired) electrons. The van der Waals surface area contributed by atoms with E-state index in [0.29, 0.717) is 31.7 Å². The van der Waals surface area contributed by atoms with Crippen molar-refractivity contribution in [2.75, 3.05) is 31.1 Å². The van der Waals surface area contributed by atoms with Crippen LogP contribution in [0.1, 0.15) is 11.3 Å². The Morgan fingerprint density at radius 1 is 1.08 bits per heavy atom. The topological polar surface area (TPSA) is 49.3 Å². The quantitative estimate of drug-likeness (QED) is 0.782. The molecule has 1 amide bonds. The summed E-state index contributed by atoms with van der Waals surface area (Å²) in [5.41, 5.74) is -0.675. The standard InChI is InChI=1S/C17H16F4N4O/c18-13-4-2-1-3-12(13)9-16(26)25-7-5-24(6-8-25)15-10-14(17(19,20)21)22-11-23-15/h1-4,10-11H,5-9H2. The Bertz CT molecular complexity index is 788. The molecular formula is C17H16F4N4O. The van der Waals surface area contributed by atoms with Crippen LogP contribution in [0, 0.1) is 5.82 Å². The second-order valence-corrected chi connectivity index (χ2v) is 5.90. The Kier molecular flexibility index (Phi) is 5.06. The lowest BCUT2D eigenvalue weighted by Gasteiger charge is -2.35. The molecule has 0 unspecified atom stereocenters. The molecule has 1 aromatic carbocycles. The van der Waals surface area contributed by atoms with Gasteiger partial charge in [0.2, 0.25) is 5.91 Å². The van der Waals surface area contributed by atoms with Crippen molar-refractivity contribution in [3.8, 4) is 0 Å². The minimum absolute atomic E-state index is 0.0433. The van der Waals surface area contributed by atoms with E-state index in [1.54, 1.807) is 28.0 Å². The first-order valence-electron chi connectivity index (χ1n) is 8.00. The first-order valence-corrected chi connectivity index (χ1v) is 8.00. The van der Waals surface area contributed by atoms with E-state index < -0.39 is 17.7 Å². The highest BCUT2D eigenvalue weighted by atomic mass is 19.4. The fraction of sp³-hybridized carbons (Fsp3) is 0.353. The smallest absolute Gasteiger partial charge is 0.353 e. The summed E-state index contributed by atoms with van der Waals surface area (Å²) < 4.78 is 51.9. The van der Waals surface area contributed by atoms with Gasteiger partial charge in [-0.2, -0.15) is 13.2 Å². The zero-order valence-corrected chi connectivity index (χ0v) is 13.7. The Labute approximate surface area is 147 Å². The van der Waals surface area contributed by atoms with Crippen LogP contribution in [0.5, 0.6) is 0 Å². The average Bonchev–Trinajstić information content (AvgIpc) is 2.63. The molecule has 0 bridgehead atoms. The molecular weight excluding hydrogens is 352 g/mol. The molecule has 1 saturated heterocycles. The van der Waals surface area contributed by atoms with Gasteiger partial charge in [-0.1, -0.05) is 18.2 Å². The van der Waals surface area contributed by atoms with Crippen molar-refractivity contribution >= 4 is 11.7 Å². The molecule has 1 aromatic heterocycles. The Balaban J connectivity index is 1.61. The number of anilines is 1. The monoisotopic (exact) mass is 368 g/mol. The number of amides is 1. The number of piperazine rings is 1. The number of nitrogens with zero attached hydrogens (tertiary/aromatic N) is 4. The van der Waals surface area contributed by atoms with Crippen LogP contribution in [0.4, 0.5) is 23.4 Å². The van der Waals surface area contributed by atoms with Gasteiger partial charge in [0.05, 0.1) is 6.42 Å². The number of aromatic nitrogens is 2. The van der Waals surface area contributed by atoms with E-state index in [-0.39, 0.29) is 18.1 Å². The summed E-state index contributed by atoms with van der Waals surface area (Å²) in [6.07, 6.45) is -3.69. The zero-order valence-electron chi connectivity index (χ0n) is 13.7. The molecule has 2 heterocycles. The highest BCUT2D eigenvalue weighted by molar-refractivity contribution is 5.79. The van der Waals surface area contributed by atoms with Crippen molar-refractivity contribution in [1.29, 1.82) is 0 Å². The Morgan fingerprint density at radius 3 is 2.42 bits per heavy atom. The van der Waals surface area contributed by atoms with Crippen LogP contribution < -0.4 is 4.90 Å². The SMILES string of the molecule is O=C(Cc1ccccc1F)N1CCN(c2cc(C(F)(F)F)ncn2)CC1. The molecule has 1 fully saturated rings. The second-order valence-electron chi connectivity index (χ2n) is 5.90. The Morgan fingerprint density at radius 2 is 1.77 bits per heavy atom. The first-order chi connectivity index (χ1) is 12.3. The van der Waals surface area contributed by atoms with Gasteiger partial charge in [0.15, 0.2) is 0 Å². The molecule has 0 spiro atoms. The third-order valence-corrected chi connectivity index (χ3v) is 4.20. The van der Waals surface area contributed by atoms with Crippen LogP contribution in [0.15, 0.2) is 36.7 Å². The van der Waals surface area contributed by atoms with Gasteiger partial charge in [0.25, 0.3) is 0 Å². The van der Waals surface area contributed by atoms with Crippen molar-refractivity contribution < 1.29 is 22.4 Å². The van der Waals surface area contributed by atoms with Crippen molar-refractivity contribution in [1.82, 2.24) is 14.9 Å². The highest BCUT2D eigenvalue weighted by Crippen LogP contribution is 2.29. The fourth-order valence-corrected chi connectivity index (χ4v) is 2.78. The van der Waals surface area contributed by atoms with Crippen LogP contribution in [0.25, 0.3) is 0 Å². The summed E-state index contributed by atoms with van der Waals surface area (Å²) in [7, 11) is 0. The summed E-state index contributed by atoms with van der Waals surface area (Å²) in [5, 5.41) is 0. The van der Waals surface area contributed by atoms with E-state index in [4.69, 9.17) is 0 Å². The predicted octanol–water partition coefficient (Wildman–Crippen LogP) is 2.53. The number of carbonyl (C=O) groups excluding carboxylic acids is 1. The lowest BCUT2D eigenvalue weighted by atomic mass is 10.1. The number of hydrogen-bond donors (Lipinski definition) is 0. The molecule has 0 N–H and O–H groups in total. The number of alkyl halides is 3. The summed E-state index contributed by atoms with van der Waals surface area (Å²) in [5.74, 6) is -0.470. The van der Waals surface area contributed by atoms with E-state index in [1.165, 1.54) is 6.07 Å². The minimum Gasteiger partial charge on any atom is -0.353 e. The lowest BCUT2D eigenvalue weighted by Crippen LogP contribution is -2.49. The van der Waals surface area contributed by atoms with Gasteiger partial charge in [-0.3, -0.25) is 4.79 Å². The van der Waals surface area contributed by atoms with Crippen molar-refractivity contribution in [2.24, 2.45) is 0 Å². The van der Waals surface area contributed by atoms with Gasteiger partial charge in [0, 0.05) is 32.2 Å². The number of halogens is 4. The number of benzene rings is 1. The third-order valence-electron chi connectivity index (χ3n) is 4.20. The number of hydrogen-bond acceptors (Lipinski definition) is 4. The summed E-state index contributed by atoms with van der Waals surface area (Å²) in [6, 6.07) is 6.98. The minimum atomic E-state index is -4.53. The molecule has 5 nitrogen and oxygen atoms in total. The summed E-state index contributed by atoms with van der Waals surface area (Å²) in [6.45, 7) is 1.35. The maximum Gasteiger partial charge on any atom is 0.433 e. The molecule has 138 valence electrons.